The maximum atomic E-state index is 13.6. The van der Waals surface area contributed by atoms with E-state index >= 15 is 0 Å². The monoisotopic (exact) mass is 330 g/mol. The minimum Gasteiger partial charge on any atom is -0.497 e. The van der Waals surface area contributed by atoms with Crippen LogP contribution >= 0.6 is 0 Å². The number of benzene rings is 2. The van der Waals surface area contributed by atoms with Gasteiger partial charge in [0.05, 0.1) is 19.8 Å². The SMILES string of the molecule is COc1ccc(C=Cc2c(F)c(F)c(F)c(F)c2F)c(OC)c1. The molecule has 2 nitrogen and oxygen atoms in total. The third kappa shape index (κ3) is 3.13. The van der Waals surface area contributed by atoms with Gasteiger partial charge in [0, 0.05) is 11.6 Å². The first-order valence-corrected chi connectivity index (χ1v) is 6.32. The smallest absolute Gasteiger partial charge is 0.200 e. The van der Waals surface area contributed by atoms with E-state index in [-0.39, 0.29) is 0 Å². The lowest BCUT2D eigenvalue weighted by Crippen LogP contribution is -2.03. The molecule has 0 aliphatic heterocycles. The fourth-order valence-corrected chi connectivity index (χ4v) is 1.90. The Morgan fingerprint density at radius 2 is 1.30 bits per heavy atom. The minimum atomic E-state index is -2.20. The molecule has 0 spiro atoms. The standard InChI is InChI=1S/C16H11F5O2/c1-22-9-5-3-8(11(7-9)23-2)4-6-10-12(17)14(19)16(21)15(20)13(10)18/h3-7H,1-2H3. The molecule has 23 heavy (non-hydrogen) atoms. The average Bonchev–Trinajstić information content (AvgIpc) is 2.58. The molecule has 0 aliphatic carbocycles. The van der Waals surface area contributed by atoms with Crippen molar-refractivity contribution in [1.29, 1.82) is 0 Å². The Morgan fingerprint density at radius 1 is 0.739 bits per heavy atom. The minimum absolute atomic E-state index is 0.310. The van der Waals surface area contributed by atoms with Crippen LogP contribution in [0.4, 0.5) is 22.0 Å². The predicted octanol–water partition coefficient (Wildman–Crippen LogP) is 4.57. The maximum Gasteiger partial charge on any atom is 0.200 e. The van der Waals surface area contributed by atoms with Crippen LogP contribution in [0.2, 0.25) is 0 Å². The summed E-state index contributed by atoms with van der Waals surface area (Å²) in [5.74, 6) is -9.19. The molecule has 0 aromatic heterocycles. The van der Waals surface area contributed by atoms with Gasteiger partial charge < -0.3 is 9.47 Å². The van der Waals surface area contributed by atoms with Crippen LogP contribution in [0.25, 0.3) is 12.2 Å². The first-order valence-electron chi connectivity index (χ1n) is 6.32. The van der Waals surface area contributed by atoms with Gasteiger partial charge in [-0.1, -0.05) is 6.08 Å². The zero-order chi connectivity index (χ0) is 17.1. The summed E-state index contributed by atoms with van der Waals surface area (Å²) in [6, 6.07) is 4.58. The summed E-state index contributed by atoms with van der Waals surface area (Å²) in [7, 11) is 2.81. The highest BCUT2D eigenvalue weighted by molar-refractivity contribution is 5.73. The fraction of sp³-hybridized carbons (Fsp3) is 0.125. The zero-order valence-corrected chi connectivity index (χ0v) is 12.1. The van der Waals surface area contributed by atoms with E-state index in [4.69, 9.17) is 9.47 Å². The van der Waals surface area contributed by atoms with Gasteiger partial charge in [0.2, 0.25) is 5.82 Å². The molecular formula is C16H11F5O2. The van der Waals surface area contributed by atoms with E-state index in [1.54, 1.807) is 6.07 Å². The number of rotatable bonds is 4. The highest BCUT2D eigenvalue weighted by atomic mass is 19.2. The summed E-state index contributed by atoms with van der Waals surface area (Å²) in [6.45, 7) is 0. The van der Waals surface area contributed by atoms with Gasteiger partial charge in [0.1, 0.15) is 11.5 Å². The molecule has 0 saturated carbocycles. The third-order valence-corrected chi connectivity index (χ3v) is 3.11. The molecule has 0 unspecified atom stereocenters. The van der Waals surface area contributed by atoms with Gasteiger partial charge in [-0.2, -0.15) is 0 Å². The summed E-state index contributed by atoms with van der Waals surface area (Å²) in [4.78, 5) is 0. The van der Waals surface area contributed by atoms with Gasteiger partial charge in [0.15, 0.2) is 23.3 Å². The van der Waals surface area contributed by atoms with Crippen LogP contribution in [0.5, 0.6) is 11.5 Å². The van der Waals surface area contributed by atoms with E-state index in [0.717, 1.165) is 6.08 Å². The van der Waals surface area contributed by atoms with Gasteiger partial charge >= 0.3 is 0 Å². The average molecular weight is 330 g/mol. The number of hydrogen-bond acceptors (Lipinski definition) is 2. The van der Waals surface area contributed by atoms with Crippen molar-refractivity contribution in [2.24, 2.45) is 0 Å². The predicted molar refractivity (Wildman–Crippen MR) is 74.7 cm³/mol. The Bertz CT molecular complexity index is 743. The topological polar surface area (TPSA) is 18.5 Å². The highest BCUT2D eigenvalue weighted by Crippen LogP contribution is 2.28. The Balaban J connectivity index is 2.50. The fourth-order valence-electron chi connectivity index (χ4n) is 1.90. The Hall–Kier alpha value is -2.57. The molecule has 0 radical (unpaired) electrons. The molecule has 2 aromatic carbocycles. The Kier molecular flexibility index (Phi) is 4.88. The van der Waals surface area contributed by atoms with Crippen LogP contribution in [-0.2, 0) is 0 Å². The van der Waals surface area contributed by atoms with Gasteiger partial charge in [0.25, 0.3) is 0 Å². The molecule has 0 aliphatic rings. The summed E-state index contributed by atoms with van der Waals surface area (Å²) in [5.41, 5.74) is -0.656. The van der Waals surface area contributed by atoms with Crippen molar-refractivity contribution < 1.29 is 31.4 Å². The molecule has 7 heteroatoms. The van der Waals surface area contributed by atoms with E-state index in [9.17, 15) is 22.0 Å². The molecule has 0 saturated heterocycles. The van der Waals surface area contributed by atoms with Crippen molar-refractivity contribution in [3.8, 4) is 11.5 Å². The Morgan fingerprint density at radius 3 is 1.83 bits per heavy atom. The number of methoxy groups -OCH3 is 2. The second kappa shape index (κ2) is 6.68. The normalized spacial score (nSPS) is 11.1. The van der Waals surface area contributed by atoms with Crippen LogP contribution in [0.15, 0.2) is 18.2 Å². The first-order chi connectivity index (χ1) is 10.9. The van der Waals surface area contributed by atoms with Gasteiger partial charge in [-0.15, -0.1) is 0 Å². The van der Waals surface area contributed by atoms with Gasteiger partial charge in [-0.3, -0.25) is 0 Å². The van der Waals surface area contributed by atoms with E-state index in [0.29, 0.717) is 17.1 Å². The van der Waals surface area contributed by atoms with Crippen LogP contribution in [0, 0.1) is 29.1 Å². The molecule has 0 bridgehead atoms. The highest BCUT2D eigenvalue weighted by Gasteiger charge is 2.24. The molecule has 2 rings (SSSR count). The molecular weight excluding hydrogens is 319 g/mol. The zero-order valence-electron chi connectivity index (χ0n) is 12.1. The van der Waals surface area contributed by atoms with Crippen LogP contribution < -0.4 is 9.47 Å². The molecule has 0 atom stereocenters. The van der Waals surface area contributed by atoms with Crippen molar-refractivity contribution in [2.45, 2.75) is 0 Å². The molecule has 0 fully saturated rings. The first kappa shape index (κ1) is 16.8. The largest absolute Gasteiger partial charge is 0.497 e. The summed E-state index contributed by atoms with van der Waals surface area (Å²) in [6.07, 6.45) is 1.97. The van der Waals surface area contributed by atoms with E-state index < -0.39 is 34.6 Å². The molecule has 0 heterocycles. The molecule has 0 N–H and O–H groups in total. The second-order valence-corrected chi connectivity index (χ2v) is 4.42. The second-order valence-electron chi connectivity index (χ2n) is 4.42. The summed E-state index contributed by atoms with van der Waals surface area (Å²) in [5, 5.41) is 0. The third-order valence-electron chi connectivity index (χ3n) is 3.11. The van der Waals surface area contributed by atoms with E-state index in [2.05, 4.69) is 0 Å². The van der Waals surface area contributed by atoms with Crippen LogP contribution in [0.3, 0.4) is 0 Å². The number of halogens is 5. The number of hydrogen-bond donors (Lipinski definition) is 0. The molecule has 2 aromatic rings. The number of ether oxygens (including phenoxy) is 2. The van der Waals surface area contributed by atoms with Crippen molar-refractivity contribution in [3.63, 3.8) is 0 Å². The lowest BCUT2D eigenvalue weighted by molar-refractivity contribution is 0.377. The molecule has 122 valence electrons. The lowest BCUT2D eigenvalue weighted by Gasteiger charge is -2.08. The van der Waals surface area contributed by atoms with Crippen molar-refractivity contribution in [1.82, 2.24) is 0 Å². The maximum absolute atomic E-state index is 13.6. The summed E-state index contributed by atoms with van der Waals surface area (Å²) < 4.78 is 76.5. The van der Waals surface area contributed by atoms with Crippen molar-refractivity contribution in [3.05, 3.63) is 58.4 Å². The van der Waals surface area contributed by atoms with Crippen molar-refractivity contribution >= 4 is 12.2 Å². The summed E-state index contributed by atoms with van der Waals surface area (Å²) >= 11 is 0. The van der Waals surface area contributed by atoms with Gasteiger partial charge in [-0.25, -0.2) is 22.0 Å². The quantitative estimate of drug-likeness (QED) is 0.354. The molecule has 0 amide bonds. The van der Waals surface area contributed by atoms with Crippen molar-refractivity contribution in [2.75, 3.05) is 14.2 Å². The lowest BCUT2D eigenvalue weighted by atomic mass is 10.1. The van der Waals surface area contributed by atoms with E-state index in [1.165, 1.54) is 32.4 Å². The Labute approximate surface area is 128 Å². The van der Waals surface area contributed by atoms with Crippen LogP contribution in [0.1, 0.15) is 11.1 Å². The van der Waals surface area contributed by atoms with E-state index in [1.807, 2.05) is 0 Å². The van der Waals surface area contributed by atoms with Gasteiger partial charge in [-0.05, 0) is 18.2 Å². The van der Waals surface area contributed by atoms with Crippen LogP contribution in [-0.4, -0.2) is 14.2 Å².